The maximum absolute atomic E-state index is 2.50. The lowest BCUT2D eigenvalue weighted by atomic mass is 10.0. The number of rotatable bonds is 14. The fraction of sp³-hybridized carbons (Fsp3) is 0. The van der Waals surface area contributed by atoms with Crippen LogP contribution in [0.4, 0.5) is 0 Å². The molecule has 0 amide bonds. The zero-order valence-corrected chi connectivity index (χ0v) is 79.3. The van der Waals surface area contributed by atoms with Crippen molar-refractivity contribution in [1.29, 1.82) is 0 Å². The van der Waals surface area contributed by atoms with Crippen LogP contribution < -0.4 is 0 Å². The smallest absolute Gasteiger partial charge is 0.0711 e. The Balaban J connectivity index is 0.000000140. The number of hydrogen-bond donors (Lipinski definition) is 0. The van der Waals surface area contributed by atoms with E-state index in [2.05, 4.69) is 523 Å². The second-order valence-corrected chi connectivity index (χ2v) is 40.8. The van der Waals surface area contributed by atoms with Gasteiger partial charge in [0.15, 0.2) is 0 Å². The van der Waals surface area contributed by atoms with E-state index in [1.807, 2.05) is 45.3 Å². The third-order valence-corrected chi connectivity index (χ3v) is 33.7. The van der Waals surface area contributed by atoms with Crippen LogP contribution in [0.2, 0.25) is 0 Å². The standard InChI is InChI=1S/C74H46N4S2.C56H35N3S2/c1-4-16-53(17-5-1)75-63-25-13-10-22-57(63)60-42-50(34-39-66(60)75)47-28-30-49(31-29-47)71-45-69-73(79-71)74-70(46-72(80-74)52-36-41-68-62(44-52)59-24-12-15-27-65(59)77(68)55-20-8-3-9-21-55)78(69)56-37-32-48(33-38-56)51-35-40-67-61(43-51)58-23-11-14-26-64(58)76(67)54-18-6-2-7-19-54;1-4-14-40(15-5-1)57-47-22-12-10-20-43(47)45-30-28-38(32-49(45)57)36-24-26-37(27-25-36)53-34-51-55(60-53)56-52(59(51)42-18-8-3-9-19-42)35-54(61-56)39-29-31-46-44-21-11-13-23-48(44)58(50(46)33-39)41-16-6-2-7-17-41/h1-46H;1-35H. The van der Waals surface area contributed by atoms with Gasteiger partial charge in [0, 0.05) is 113 Å². The Morgan fingerprint density at radius 1 is 0.106 bits per heavy atom. The summed E-state index contributed by atoms with van der Waals surface area (Å²) in [5.74, 6) is 0. The number of aromatic nitrogens is 7. The summed E-state index contributed by atoms with van der Waals surface area (Å²) in [7, 11) is 0. The minimum Gasteiger partial charge on any atom is -0.309 e. The zero-order valence-electron chi connectivity index (χ0n) is 76.0. The minimum atomic E-state index is 1.14. The van der Waals surface area contributed by atoms with Crippen LogP contribution in [0, 0.1) is 0 Å². The third kappa shape index (κ3) is 13.1. The molecule has 11 heteroatoms. The van der Waals surface area contributed by atoms with Crippen LogP contribution in [0.5, 0.6) is 0 Å². The number of fused-ring (bicyclic) bond motifs is 21. The summed E-state index contributed by atoms with van der Waals surface area (Å²) in [6, 6.07) is 180. The molecule has 0 bridgehead atoms. The van der Waals surface area contributed by atoms with Crippen molar-refractivity contribution in [3.05, 3.63) is 491 Å². The van der Waals surface area contributed by atoms with Crippen LogP contribution >= 0.6 is 45.3 Å². The number of nitrogens with zero attached hydrogens (tertiary/aromatic N) is 7. The highest BCUT2D eigenvalue weighted by molar-refractivity contribution is 7.31. The molecule has 7 nitrogen and oxygen atoms in total. The Labute approximate surface area is 826 Å². The van der Waals surface area contributed by atoms with Crippen molar-refractivity contribution in [2.24, 2.45) is 0 Å². The average molecular weight is 1870 g/mol. The summed E-state index contributed by atoms with van der Waals surface area (Å²) < 4.78 is 22.2. The summed E-state index contributed by atoms with van der Waals surface area (Å²) in [6.45, 7) is 0. The summed E-state index contributed by atoms with van der Waals surface area (Å²) >= 11 is 7.60. The van der Waals surface area contributed by atoms with E-state index in [1.165, 1.54) is 259 Å². The van der Waals surface area contributed by atoms with Crippen molar-refractivity contribution < 1.29 is 0 Å². The van der Waals surface area contributed by atoms with Gasteiger partial charge in [-0.1, -0.05) is 303 Å². The molecule has 11 heterocycles. The zero-order chi connectivity index (χ0) is 92.4. The topological polar surface area (TPSA) is 34.5 Å². The summed E-state index contributed by atoms with van der Waals surface area (Å²) in [5, 5.41) is 12.6. The first kappa shape index (κ1) is 80.8. The molecule has 0 saturated carbocycles. The van der Waals surface area contributed by atoms with Gasteiger partial charge in [0.05, 0.1) is 96.0 Å². The molecule has 0 fully saturated rings. The molecule has 0 unspecified atom stereocenters. The number of benzene rings is 19. The van der Waals surface area contributed by atoms with Gasteiger partial charge in [-0.15, -0.1) is 45.3 Å². The van der Waals surface area contributed by atoms with E-state index in [4.69, 9.17) is 0 Å². The van der Waals surface area contributed by atoms with E-state index >= 15 is 0 Å². The molecule has 0 aliphatic carbocycles. The molecule has 0 spiro atoms. The molecule has 19 aromatic carbocycles. The third-order valence-electron chi connectivity index (χ3n) is 28.7. The molecular formula is C130H81N7S4. The summed E-state index contributed by atoms with van der Waals surface area (Å²) in [5.41, 5.74) is 37.4. The van der Waals surface area contributed by atoms with E-state index < -0.39 is 0 Å². The molecule has 0 saturated heterocycles. The van der Waals surface area contributed by atoms with Gasteiger partial charge in [-0.25, -0.2) is 0 Å². The fourth-order valence-electron chi connectivity index (χ4n) is 22.2. The molecule has 11 aromatic heterocycles. The van der Waals surface area contributed by atoms with Gasteiger partial charge in [-0.3, -0.25) is 0 Å². The Morgan fingerprint density at radius 2 is 0.291 bits per heavy atom. The molecule has 0 atom stereocenters. The predicted molar refractivity (Wildman–Crippen MR) is 603 cm³/mol. The van der Waals surface area contributed by atoms with Gasteiger partial charge in [-0.2, -0.15) is 0 Å². The summed E-state index contributed by atoms with van der Waals surface area (Å²) in [6.07, 6.45) is 0. The van der Waals surface area contributed by atoms with Crippen molar-refractivity contribution in [3.8, 4) is 115 Å². The van der Waals surface area contributed by atoms with Crippen molar-refractivity contribution in [3.63, 3.8) is 0 Å². The van der Waals surface area contributed by atoms with Gasteiger partial charge >= 0.3 is 0 Å². The lowest BCUT2D eigenvalue weighted by Crippen LogP contribution is -1.93. The molecule has 0 radical (unpaired) electrons. The first-order chi connectivity index (χ1) is 69.9. The molecule has 30 rings (SSSR count). The lowest BCUT2D eigenvalue weighted by molar-refractivity contribution is 1.18. The van der Waals surface area contributed by atoms with Gasteiger partial charge in [-0.05, 0) is 244 Å². The number of hydrogen-bond acceptors (Lipinski definition) is 4. The van der Waals surface area contributed by atoms with E-state index in [0.29, 0.717) is 0 Å². The Hall–Kier alpha value is -17.4. The minimum absolute atomic E-state index is 1.14. The van der Waals surface area contributed by atoms with Crippen molar-refractivity contribution in [2.75, 3.05) is 0 Å². The lowest BCUT2D eigenvalue weighted by Gasteiger charge is -2.10. The van der Waals surface area contributed by atoms with Crippen molar-refractivity contribution in [1.82, 2.24) is 32.0 Å². The normalized spacial score (nSPS) is 12.0. The highest BCUT2D eigenvalue weighted by atomic mass is 32.1. The maximum atomic E-state index is 2.50. The second kappa shape index (κ2) is 32.6. The van der Waals surface area contributed by atoms with Gasteiger partial charge in [0.25, 0.3) is 0 Å². The first-order valence-electron chi connectivity index (χ1n) is 47.9. The van der Waals surface area contributed by atoms with Gasteiger partial charge in [0.1, 0.15) is 0 Å². The molecule has 660 valence electrons. The van der Waals surface area contributed by atoms with Crippen LogP contribution in [-0.2, 0) is 0 Å². The Kier molecular flexibility index (Phi) is 18.7. The molecule has 141 heavy (non-hydrogen) atoms. The van der Waals surface area contributed by atoms with Crippen LogP contribution in [0.3, 0.4) is 0 Å². The molecule has 0 aliphatic rings. The predicted octanol–water partition coefficient (Wildman–Crippen LogP) is 37.0. The van der Waals surface area contributed by atoms with Gasteiger partial charge < -0.3 is 32.0 Å². The Morgan fingerprint density at radius 3 is 0.610 bits per heavy atom. The van der Waals surface area contributed by atoms with Crippen LogP contribution in [0.15, 0.2) is 491 Å². The highest BCUT2D eigenvalue weighted by Crippen LogP contribution is 2.52. The van der Waals surface area contributed by atoms with E-state index in [-0.39, 0.29) is 0 Å². The largest absolute Gasteiger partial charge is 0.309 e. The SMILES string of the molecule is c1ccc(-n2c3ccccc3c3cc(-c4ccc(-c5cc6c(s5)c5sc(-c7ccc8c(c7)c7ccccc7n8-c7ccccc7)cc5n6-c5ccc(-c6ccc7c(c6)c6ccccc6n7-c6ccccc6)cc5)cc4)ccc32)cc1.c1ccc(-n2c3ccccc3c3ccc(-c4ccc(-c5cc6c(s5)c5sc(-c7ccc8c9ccccc9n(-c9ccccc9)c8c7)cc5n6-c5ccccc5)cc4)cc32)cc1. The van der Waals surface area contributed by atoms with E-state index in [9.17, 15) is 0 Å². The van der Waals surface area contributed by atoms with E-state index in [0.717, 1.165) is 5.69 Å². The van der Waals surface area contributed by atoms with Crippen molar-refractivity contribution in [2.45, 2.75) is 0 Å². The van der Waals surface area contributed by atoms with Crippen LogP contribution in [0.25, 0.3) is 265 Å². The summed E-state index contributed by atoms with van der Waals surface area (Å²) in [4.78, 5) is 5.05. The van der Waals surface area contributed by atoms with Crippen molar-refractivity contribution >= 4 is 195 Å². The molecule has 0 aliphatic heterocycles. The Bertz CT molecular complexity index is 10200. The van der Waals surface area contributed by atoms with Crippen LogP contribution in [0.1, 0.15) is 0 Å². The monoisotopic (exact) mass is 1870 g/mol. The second-order valence-electron chi connectivity index (χ2n) is 36.6. The highest BCUT2D eigenvalue weighted by Gasteiger charge is 2.27. The average Bonchev–Trinajstić information content (AvgIpc) is 1.56. The maximum Gasteiger partial charge on any atom is 0.0711 e. The quantitative estimate of drug-likeness (QED) is 0.104. The number of thiophene rings is 4. The first-order valence-corrected chi connectivity index (χ1v) is 51.2. The van der Waals surface area contributed by atoms with E-state index in [1.54, 1.807) is 0 Å². The number of para-hydroxylation sites is 11. The molecule has 30 aromatic rings. The van der Waals surface area contributed by atoms with Gasteiger partial charge in [0.2, 0.25) is 0 Å². The van der Waals surface area contributed by atoms with Crippen LogP contribution in [-0.4, -0.2) is 32.0 Å². The molecule has 0 N–H and O–H groups in total. The molecular weight excluding hydrogens is 1790 g/mol. The fourth-order valence-corrected chi connectivity index (χ4v) is 27.1.